The van der Waals surface area contributed by atoms with Gasteiger partial charge in [0.1, 0.15) is 5.75 Å². The maximum atomic E-state index is 5.78. The predicted molar refractivity (Wildman–Crippen MR) is 123 cm³/mol. The van der Waals surface area contributed by atoms with Crippen LogP contribution >= 0.6 is 0 Å². The van der Waals surface area contributed by atoms with Gasteiger partial charge in [-0.05, 0) is 17.2 Å². The van der Waals surface area contributed by atoms with Crippen molar-refractivity contribution in [2.75, 3.05) is 53.6 Å². The standard InChI is InChI=1S/C24H34N4O3/c1-25-24(26-11-14-31-19-22-9-5-6-10-23(22)29-2)27-17-20-7-3-4-8-21(20)18-28-12-15-30-16-13-28/h3-10H,11-19H2,1-2H3,(H2,25,26,27). The zero-order valence-corrected chi connectivity index (χ0v) is 18.6. The van der Waals surface area contributed by atoms with E-state index in [4.69, 9.17) is 14.2 Å². The van der Waals surface area contributed by atoms with Crippen LogP contribution in [0.5, 0.6) is 5.75 Å². The Morgan fingerprint density at radius 3 is 2.45 bits per heavy atom. The van der Waals surface area contributed by atoms with Crippen molar-refractivity contribution >= 4 is 5.96 Å². The monoisotopic (exact) mass is 426 g/mol. The molecule has 0 aliphatic carbocycles. The zero-order valence-electron chi connectivity index (χ0n) is 18.6. The van der Waals surface area contributed by atoms with Crippen LogP contribution in [0.15, 0.2) is 53.5 Å². The van der Waals surface area contributed by atoms with Gasteiger partial charge in [0.2, 0.25) is 0 Å². The van der Waals surface area contributed by atoms with Gasteiger partial charge in [-0.3, -0.25) is 9.89 Å². The molecule has 1 saturated heterocycles. The Morgan fingerprint density at radius 2 is 1.71 bits per heavy atom. The molecule has 0 amide bonds. The Labute approximate surface area is 185 Å². The third-order valence-corrected chi connectivity index (χ3v) is 5.27. The third-order valence-electron chi connectivity index (χ3n) is 5.27. The number of morpholine rings is 1. The van der Waals surface area contributed by atoms with E-state index in [-0.39, 0.29) is 0 Å². The maximum absolute atomic E-state index is 5.78. The topological polar surface area (TPSA) is 67.4 Å². The molecule has 7 heteroatoms. The predicted octanol–water partition coefficient (Wildman–Crippen LogP) is 2.41. The Balaban J connectivity index is 1.40. The summed E-state index contributed by atoms with van der Waals surface area (Å²) >= 11 is 0. The van der Waals surface area contributed by atoms with Crippen LogP contribution in [0, 0.1) is 0 Å². The number of hydrogen-bond acceptors (Lipinski definition) is 5. The summed E-state index contributed by atoms with van der Waals surface area (Å²) in [6.07, 6.45) is 0. The largest absolute Gasteiger partial charge is 0.496 e. The molecule has 168 valence electrons. The van der Waals surface area contributed by atoms with Crippen LogP contribution in [0.2, 0.25) is 0 Å². The van der Waals surface area contributed by atoms with E-state index >= 15 is 0 Å². The van der Waals surface area contributed by atoms with Crippen molar-refractivity contribution in [3.63, 3.8) is 0 Å². The average Bonchev–Trinajstić information content (AvgIpc) is 2.82. The number of rotatable bonds is 10. The van der Waals surface area contributed by atoms with Crippen molar-refractivity contribution in [2.24, 2.45) is 4.99 Å². The molecule has 1 aliphatic heterocycles. The summed E-state index contributed by atoms with van der Waals surface area (Å²) in [7, 11) is 3.46. The van der Waals surface area contributed by atoms with Crippen LogP contribution in [-0.4, -0.2) is 64.5 Å². The summed E-state index contributed by atoms with van der Waals surface area (Å²) in [5, 5.41) is 6.72. The second-order valence-electron chi connectivity index (χ2n) is 7.37. The van der Waals surface area contributed by atoms with E-state index in [9.17, 15) is 0 Å². The van der Waals surface area contributed by atoms with Gasteiger partial charge < -0.3 is 24.8 Å². The van der Waals surface area contributed by atoms with Gasteiger partial charge in [0.05, 0.1) is 33.5 Å². The molecule has 1 fully saturated rings. The van der Waals surface area contributed by atoms with Crippen molar-refractivity contribution in [3.8, 4) is 5.75 Å². The molecular weight excluding hydrogens is 392 g/mol. The Bertz CT molecular complexity index is 822. The smallest absolute Gasteiger partial charge is 0.191 e. The van der Waals surface area contributed by atoms with Crippen LogP contribution in [0.25, 0.3) is 0 Å². The van der Waals surface area contributed by atoms with Gasteiger partial charge in [-0.1, -0.05) is 42.5 Å². The lowest BCUT2D eigenvalue weighted by Crippen LogP contribution is -2.39. The molecule has 0 unspecified atom stereocenters. The highest BCUT2D eigenvalue weighted by molar-refractivity contribution is 5.79. The number of aliphatic imine (C=N–C) groups is 1. The van der Waals surface area contributed by atoms with Crippen LogP contribution in [-0.2, 0) is 29.2 Å². The van der Waals surface area contributed by atoms with Crippen molar-refractivity contribution in [1.82, 2.24) is 15.5 Å². The molecule has 2 aromatic rings. The van der Waals surface area contributed by atoms with Crippen LogP contribution in [0.4, 0.5) is 0 Å². The van der Waals surface area contributed by atoms with Crippen LogP contribution in [0.3, 0.4) is 0 Å². The Morgan fingerprint density at radius 1 is 1.00 bits per heavy atom. The molecule has 1 aliphatic rings. The molecule has 0 bridgehead atoms. The Kier molecular flexibility index (Phi) is 9.63. The fourth-order valence-electron chi connectivity index (χ4n) is 3.53. The first kappa shape index (κ1) is 23.1. The normalized spacial score (nSPS) is 15.0. The van der Waals surface area contributed by atoms with Crippen molar-refractivity contribution in [2.45, 2.75) is 19.7 Å². The SMILES string of the molecule is CN=C(NCCOCc1ccccc1OC)NCc1ccccc1CN1CCOCC1. The molecule has 0 aromatic heterocycles. The summed E-state index contributed by atoms with van der Waals surface area (Å²) in [4.78, 5) is 6.76. The van der Waals surface area contributed by atoms with Gasteiger partial charge in [-0.25, -0.2) is 0 Å². The molecule has 31 heavy (non-hydrogen) atoms. The van der Waals surface area contributed by atoms with Gasteiger partial charge >= 0.3 is 0 Å². The first-order chi connectivity index (χ1) is 15.3. The van der Waals surface area contributed by atoms with E-state index in [2.05, 4.69) is 44.8 Å². The van der Waals surface area contributed by atoms with E-state index in [0.29, 0.717) is 19.8 Å². The maximum Gasteiger partial charge on any atom is 0.191 e. The summed E-state index contributed by atoms with van der Waals surface area (Å²) in [5.74, 6) is 1.62. The summed E-state index contributed by atoms with van der Waals surface area (Å²) in [6, 6.07) is 16.5. The van der Waals surface area contributed by atoms with Gasteiger partial charge in [0, 0.05) is 45.3 Å². The van der Waals surface area contributed by atoms with Crippen molar-refractivity contribution < 1.29 is 14.2 Å². The molecule has 2 N–H and O–H groups in total. The van der Waals surface area contributed by atoms with E-state index in [1.165, 1.54) is 11.1 Å². The number of hydrogen-bond donors (Lipinski definition) is 2. The zero-order chi connectivity index (χ0) is 21.7. The molecule has 0 saturated carbocycles. The van der Waals surface area contributed by atoms with E-state index in [0.717, 1.165) is 56.7 Å². The minimum atomic E-state index is 0.520. The van der Waals surface area contributed by atoms with Crippen molar-refractivity contribution in [1.29, 1.82) is 0 Å². The second-order valence-corrected chi connectivity index (χ2v) is 7.37. The minimum Gasteiger partial charge on any atom is -0.496 e. The average molecular weight is 427 g/mol. The number of para-hydroxylation sites is 1. The first-order valence-electron chi connectivity index (χ1n) is 10.8. The lowest BCUT2D eigenvalue weighted by atomic mass is 10.1. The summed E-state index contributed by atoms with van der Waals surface area (Å²) in [6.45, 7) is 7.04. The Hall–Kier alpha value is -2.61. The first-order valence-corrected chi connectivity index (χ1v) is 10.8. The van der Waals surface area contributed by atoms with Crippen molar-refractivity contribution in [3.05, 3.63) is 65.2 Å². The lowest BCUT2D eigenvalue weighted by molar-refractivity contribution is 0.0341. The number of guanidine groups is 1. The van der Waals surface area contributed by atoms with Gasteiger partial charge in [-0.15, -0.1) is 0 Å². The fraction of sp³-hybridized carbons (Fsp3) is 0.458. The lowest BCUT2D eigenvalue weighted by Gasteiger charge is -2.27. The molecule has 0 radical (unpaired) electrons. The van der Waals surface area contributed by atoms with Gasteiger partial charge in [0.15, 0.2) is 5.96 Å². The van der Waals surface area contributed by atoms with Crippen LogP contribution < -0.4 is 15.4 Å². The molecule has 0 atom stereocenters. The minimum absolute atomic E-state index is 0.520. The summed E-state index contributed by atoms with van der Waals surface area (Å²) < 4.78 is 16.6. The molecule has 2 aromatic carbocycles. The van der Waals surface area contributed by atoms with E-state index in [1.54, 1.807) is 14.2 Å². The highest BCUT2D eigenvalue weighted by Gasteiger charge is 2.12. The second kappa shape index (κ2) is 12.9. The number of benzene rings is 2. The molecule has 0 spiro atoms. The molecule has 3 rings (SSSR count). The number of methoxy groups -OCH3 is 1. The fourth-order valence-corrected chi connectivity index (χ4v) is 3.53. The third kappa shape index (κ3) is 7.54. The number of nitrogens with zero attached hydrogens (tertiary/aromatic N) is 2. The molecular formula is C24H34N4O3. The molecule has 1 heterocycles. The summed E-state index contributed by atoms with van der Waals surface area (Å²) in [5.41, 5.74) is 3.67. The number of ether oxygens (including phenoxy) is 3. The van der Waals surface area contributed by atoms with Gasteiger partial charge in [0.25, 0.3) is 0 Å². The quantitative estimate of drug-likeness (QED) is 0.346. The van der Waals surface area contributed by atoms with E-state index in [1.807, 2.05) is 24.3 Å². The highest BCUT2D eigenvalue weighted by atomic mass is 16.5. The van der Waals surface area contributed by atoms with Gasteiger partial charge in [-0.2, -0.15) is 0 Å². The number of nitrogens with one attached hydrogen (secondary N) is 2. The molecule has 7 nitrogen and oxygen atoms in total. The van der Waals surface area contributed by atoms with E-state index < -0.39 is 0 Å². The van der Waals surface area contributed by atoms with Crippen LogP contribution in [0.1, 0.15) is 16.7 Å². The highest BCUT2D eigenvalue weighted by Crippen LogP contribution is 2.17.